The number of anilines is 1. The van der Waals surface area contributed by atoms with E-state index in [0.717, 1.165) is 29.7 Å². The Kier molecular flexibility index (Phi) is 4.68. The molecule has 0 bridgehead atoms. The van der Waals surface area contributed by atoms with Crippen molar-refractivity contribution in [3.8, 4) is 11.3 Å². The molecule has 144 valence electrons. The number of hydrazone groups is 1. The van der Waals surface area contributed by atoms with E-state index in [1.54, 1.807) is 29.6 Å². The third-order valence-corrected chi connectivity index (χ3v) is 6.16. The molecule has 1 aromatic carbocycles. The van der Waals surface area contributed by atoms with Gasteiger partial charge in [0.25, 0.3) is 5.72 Å². The molecule has 2 aliphatic rings. The van der Waals surface area contributed by atoms with Gasteiger partial charge in [0.2, 0.25) is 5.13 Å². The molecule has 0 amide bonds. The fourth-order valence-electron chi connectivity index (χ4n) is 3.70. The van der Waals surface area contributed by atoms with Crippen molar-refractivity contribution in [3.63, 3.8) is 0 Å². The fourth-order valence-corrected chi connectivity index (χ4v) is 4.66. The van der Waals surface area contributed by atoms with Gasteiger partial charge in [-0.15, -0.1) is 11.3 Å². The molecule has 1 saturated carbocycles. The van der Waals surface area contributed by atoms with Gasteiger partial charge in [0.15, 0.2) is 0 Å². The van der Waals surface area contributed by atoms with Crippen LogP contribution in [0.2, 0.25) is 5.02 Å². The fraction of sp³-hybridized carbons (Fsp3) is 0.444. The minimum absolute atomic E-state index is 0.0281. The molecule has 1 N–H and O–H groups in total. The van der Waals surface area contributed by atoms with Crippen LogP contribution in [0, 0.1) is 5.92 Å². The number of thiazole rings is 1. The van der Waals surface area contributed by atoms with Gasteiger partial charge in [-0.05, 0) is 31.4 Å². The third kappa shape index (κ3) is 3.13. The maximum absolute atomic E-state index is 14.0. The van der Waals surface area contributed by atoms with E-state index in [1.165, 1.54) is 0 Å². The number of nitrogens with zero attached hydrogens (tertiary/aromatic N) is 3. The number of halogens is 4. The molecule has 0 spiro atoms. The number of hydrogen-bond donors (Lipinski definition) is 1. The lowest BCUT2D eigenvalue weighted by Crippen LogP contribution is -2.60. The van der Waals surface area contributed by atoms with Crippen LogP contribution in [0.15, 0.2) is 34.7 Å². The number of alkyl halides is 3. The van der Waals surface area contributed by atoms with Crippen LogP contribution < -0.4 is 5.01 Å². The second-order valence-corrected chi connectivity index (χ2v) is 8.07. The van der Waals surface area contributed by atoms with Crippen molar-refractivity contribution < 1.29 is 18.3 Å². The number of benzene rings is 1. The summed E-state index contributed by atoms with van der Waals surface area (Å²) in [6.07, 6.45) is -1.84. The first-order chi connectivity index (χ1) is 12.8. The quantitative estimate of drug-likeness (QED) is 0.707. The molecular formula is C18H17ClF3N3OS. The van der Waals surface area contributed by atoms with Crippen LogP contribution >= 0.6 is 22.9 Å². The van der Waals surface area contributed by atoms with E-state index in [9.17, 15) is 18.3 Å². The molecular weight excluding hydrogens is 399 g/mol. The highest BCUT2D eigenvalue weighted by atomic mass is 35.5. The number of hydrogen-bond acceptors (Lipinski definition) is 5. The molecule has 1 aliphatic carbocycles. The van der Waals surface area contributed by atoms with Crippen molar-refractivity contribution >= 4 is 33.8 Å². The molecule has 2 heterocycles. The average molecular weight is 416 g/mol. The van der Waals surface area contributed by atoms with Crippen LogP contribution in [-0.4, -0.2) is 27.7 Å². The molecule has 0 unspecified atom stereocenters. The van der Waals surface area contributed by atoms with Crippen LogP contribution in [0.5, 0.6) is 0 Å². The summed E-state index contributed by atoms with van der Waals surface area (Å²) in [5.74, 6) is -1.05. The van der Waals surface area contributed by atoms with E-state index in [4.69, 9.17) is 11.6 Å². The molecule has 0 radical (unpaired) electrons. The largest absolute Gasteiger partial charge is 0.439 e. The Hall–Kier alpha value is -1.64. The van der Waals surface area contributed by atoms with Gasteiger partial charge in [0.1, 0.15) is 0 Å². The summed E-state index contributed by atoms with van der Waals surface area (Å²) in [6.45, 7) is 0. The summed E-state index contributed by atoms with van der Waals surface area (Å²) in [7, 11) is 0. The van der Waals surface area contributed by atoms with E-state index < -0.39 is 17.8 Å². The van der Waals surface area contributed by atoms with Crippen LogP contribution in [0.3, 0.4) is 0 Å². The molecule has 2 aromatic rings. The summed E-state index contributed by atoms with van der Waals surface area (Å²) < 4.78 is 41.9. The van der Waals surface area contributed by atoms with E-state index in [2.05, 4.69) is 10.1 Å². The van der Waals surface area contributed by atoms with Crippen molar-refractivity contribution in [3.05, 3.63) is 34.7 Å². The molecule has 4 nitrogen and oxygen atoms in total. The molecule has 9 heteroatoms. The molecule has 4 rings (SSSR count). The molecule has 0 saturated heterocycles. The van der Waals surface area contributed by atoms with Gasteiger partial charge in [-0.1, -0.05) is 36.6 Å². The van der Waals surface area contributed by atoms with Gasteiger partial charge in [-0.25, -0.2) is 4.98 Å². The summed E-state index contributed by atoms with van der Waals surface area (Å²) in [5.41, 5.74) is -1.39. The monoisotopic (exact) mass is 415 g/mol. The summed E-state index contributed by atoms with van der Waals surface area (Å²) >= 11 is 6.91. The summed E-state index contributed by atoms with van der Waals surface area (Å²) in [6, 6.07) is 6.88. The Morgan fingerprint density at radius 2 is 1.93 bits per heavy atom. The van der Waals surface area contributed by atoms with Gasteiger partial charge in [-0.3, -0.25) is 0 Å². The van der Waals surface area contributed by atoms with Gasteiger partial charge < -0.3 is 5.11 Å². The van der Waals surface area contributed by atoms with Crippen LogP contribution in [0.25, 0.3) is 11.3 Å². The predicted octanol–water partition coefficient (Wildman–Crippen LogP) is 5.47. The third-order valence-electron chi connectivity index (χ3n) is 5.10. The average Bonchev–Trinajstić information content (AvgIpc) is 3.11. The van der Waals surface area contributed by atoms with Crippen molar-refractivity contribution in [1.29, 1.82) is 0 Å². The number of aliphatic hydroxyl groups is 1. The van der Waals surface area contributed by atoms with E-state index >= 15 is 0 Å². The number of rotatable bonds is 2. The SMILES string of the molecule is O[C@@]1(C(F)(F)F)[C@H]2CCCCCC2=NN1c1nc(-c2ccc(Cl)cc2)cs1. The zero-order valence-corrected chi connectivity index (χ0v) is 15.8. The molecule has 1 aromatic heterocycles. The van der Waals surface area contributed by atoms with Gasteiger partial charge in [0, 0.05) is 21.7 Å². The first-order valence-electron chi connectivity index (χ1n) is 8.69. The zero-order chi connectivity index (χ0) is 19.2. The highest BCUT2D eigenvalue weighted by Gasteiger charge is 2.67. The van der Waals surface area contributed by atoms with Crippen LogP contribution in [0.4, 0.5) is 18.3 Å². The maximum Gasteiger partial charge on any atom is 0.439 e. The van der Waals surface area contributed by atoms with E-state index in [-0.39, 0.29) is 11.6 Å². The first kappa shape index (κ1) is 18.7. The zero-order valence-electron chi connectivity index (χ0n) is 14.2. The highest BCUT2D eigenvalue weighted by molar-refractivity contribution is 7.14. The minimum Gasteiger partial charge on any atom is -0.362 e. The Labute approximate surface area is 163 Å². The lowest BCUT2D eigenvalue weighted by atomic mass is 9.87. The molecule has 27 heavy (non-hydrogen) atoms. The number of fused-ring (bicyclic) bond motifs is 1. The lowest BCUT2D eigenvalue weighted by Gasteiger charge is -2.37. The Morgan fingerprint density at radius 1 is 1.19 bits per heavy atom. The van der Waals surface area contributed by atoms with E-state index in [1.807, 2.05) is 0 Å². The number of aromatic nitrogens is 1. The maximum atomic E-state index is 14.0. The van der Waals surface area contributed by atoms with Crippen molar-refractivity contribution in [1.82, 2.24) is 4.98 Å². The summed E-state index contributed by atoms with van der Waals surface area (Å²) in [4.78, 5) is 4.32. The van der Waals surface area contributed by atoms with Crippen molar-refractivity contribution in [2.45, 2.75) is 44.0 Å². The summed E-state index contributed by atoms with van der Waals surface area (Å²) in [5, 5.41) is 17.9. The van der Waals surface area contributed by atoms with Crippen molar-refractivity contribution in [2.24, 2.45) is 11.0 Å². The second-order valence-electron chi connectivity index (χ2n) is 6.80. The van der Waals surface area contributed by atoms with Gasteiger partial charge in [-0.2, -0.15) is 23.3 Å². The van der Waals surface area contributed by atoms with E-state index in [0.29, 0.717) is 34.3 Å². The molecule has 1 aliphatic heterocycles. The Morgan fingerprint density at radius 3 is 2.63 bits per heavy atom. The smallest absolute Gasteiger partial charge is 0.362 e. The Bertz CT molecular complexity index is 867. The Balaban J connectivity index is 1.74. The minimum atomic E-state index is -4.85. The standard InChI is InChI=1S/C18H17ClF3N3OS/c19-12-8-6-11(7-9-12)15-10-27-16(23-15)25-17(26,18(20,21)22)13-4-2-1-3-5-14(13)24-25/h6-10,13,26H,1-5H2/t13-,17+/m0/s1. The normalized spacial score (nSPS) is 25.9. The topological polar surface area (TPSA) is 48.7 Å². The highest BCUT2D eigenvalue weighted by Crippen LogP contribution is 2.50. The molecule has 2 atom stereocenters. The predicted molar refractivity (Wildman–Crippen MR) is 100 cm³/mol. The van der Waals surface area contributed by atoms with Crippen LogP contribution in [-0.2, 0) is 0 Å². The van der Waals surface area contributed by atoms with Crippen molar-refractivity contribution in [2.75, 3.05) is 5.01 Å². The lowest BCUT2D eigenvalue weighted by molar-refractivity contribution is -0.268. The second kappa shape index (κ2) is 6.76. The molecule has 1 fully saturated rings. The first-order valence-corrected chi connectivity index (χ1v) is 9.94. The van der Waals surface area contributed by atoms with Crippen LogP contribution in [0.1, 0.15) is 32.1 Å². The van der Waals surface area contributed by atoms with Gasteiger partial charge >= 0.3 is 6.18 Å². The van der Waals surface area contributed by atoms with Gasteiger partial charge in [0.05, 0.1) is 11.6 Å².